The molecule has 0 amide bonds. The molecule has 0 N–H and O–H groups in total. The monoisotopic (exact) mass is 736 g/mol. The van der Waals surface area contributed by atoms with Gasteiger partial charge in [-0.05, 0) is 53.6 Å². The van der Waals surface area contributed by atoms with Crippen molar-refractivity contribution in [1.82, 2.24) is 28.7 Å². The Morgan fingerprint density at radius 2 is 1.07 bits per heavy atom. The first-order valence-electron chi connectivity index (χ1n) is 18.6. The Balaban J connectivity index is 1.09. The standard InChI is InChI=1S/C49H32N6S/c1-3-14-33(15-4-1)37-20-13-21-38(34-16-5-2-6-17-34)48(37)53-29-28-51-49(53)55-42-22-9-7-18-39(42)40-26-25-35(30-44(40)55)56-36-31-45-47(52-32-36)41-19-8-10-23-43(41)54(45)46-24-11-12-27-50-46/h1-32H. The molecule has 0 saturated carbocycles. The second-order valence-corrected chi connectivity index (χ2v) is 14.9. The van der Waals surface area contributed by atoms with Crippen LogP contribution in [0.25, 0.3) is 83.4 Å². The molecule has 7 heteroatoms. The van der Waals surface area contributed by atoms with Gasteiger partial charge in [0, 0.05) is 61.9 Å². The zero-order valence-corrected chi connectivity index (χ0v) is 30.9. The molecule has 264 valence electrons. The number of imidazole rings is 1. The van der Waals surface area contributed by atoms with Crippen LogP contribution in [0.3, 0.4) is 0 Å². The number of hydrogen-bond acceptors (Lipinski definition) is 4. The zero-order valence-electron chi connectivity index (χ0n) is 30.1. The van der Waals surface area contributed by atoms with E-state index in [0.717, 1.165) is 82.5 Å². The molecule has 0 aliphatic carbocycles. The second-order valence-electron chi connectivity index (χ2n) is 13.7. The number of pyridine rings is 2. The molecule has 5 heterocycles. The lowest BCUT2D eigenvalue weighted by atomic mass is 9.96. The van der Waals surface area contributed by atoms with E-state index >= 15 is 0 Å². The summed E-state index contributed by atoms with van der Waals surface area (Å²) in [5, 5.41) is 3.45. The van der Waals surface area contributed by atoms with E-state index in [4.69, 9.17) is 15.0 Å². The fraction of sp³-hybridized carbons (Fsp3) is 0. The first kappa shape index (κ1) is 32.2. The second kappa shape index (κ2) is 13.3. The van der Waals surface area contributed by atoms with Crippen LogP contribution in [-0.2, 0) is 0 Å². The molecule has 6 aromatic carbocycles. The predicted molar refractivity (Wildman–Crippen MR) is 229 cm³/mol. The van der Waals surface area contributed by atoms with Crippen LogP contribution < -0.4 is 0 Å². The molecule has 6 nitrogen and oxygen atoms in total. The highest BCUT2D eigenvalue weighted by molar-refractivity contribution is 7.99. The molecule has 56 heavy (non-hydrogen) atoms. The van der Waals surface area contributed by atoms with Crippen molar-refractivity contribution in [2.45, 2.75) is 9.79 Å². The van der Waals surface area contributed by atoms with Crippen LogP contribution in [0.15, 0.2) is 204 Å². The summed E-state index contributed by atoms with van der Waals surface area (Å²) in [4.78, 5) is 17.0. The lowest BCUT2D eigenvalue weighted by Gasteiger charge is -2.19. The molecule has 0 bridgehead atoms. The van der Waals surface area contributed by atoms with Gasteiger partial charge in [-0.3, -0.25) is 18.7 Å². The number of nitrogens with zero attached hydrogens (tertiary/aromatic N) is 6. The molecule has 0 unspecified atom stereocenters. The molecular formula is C49H32N6S. The molecule has 0 saturated heterocycles. The van der Waals surface area contributed by atoms with Crippen molar-refractivity contribution in [3.05, 3.63) is 195 Å². The van der Waals surface area contributed by atoms with Gasteiger partial charge in [-0.2, -0.15) is 0 Å². The lowest BCUT2D eigenvalue weighted by Crippen LogP contribution is -2.07. The fourth-order valence-electron chi connectivity index (χ4n) is 8.11. The van der Waals surface area contributed by atoms with Crippen molar-refractivity contribution in [2.24, 2.45) is 0 Å². The quantitative estimate of drug-likeness (QED) is 0.163. The molecule has 0 radical (unpaired) electrons. The highest BCUT2D eigenvalue weighted by atomic mass is 32.2. The molecule has 0 fully saturated rings. The minimum atomic E-state index is 0.821. The van der Waals surface area contributed by atoms with Gasteiger partial charge in [0.1, 0.15) is 5.82 Å². The van der Waals surface area contributed by atoms with Gasteiger partial charge in [0.05, 0.1) is 33.3 Å². The molecule has 0 aliphatic rings. The van der Waals surface area contributed by atoms with E-state index in [1.165, 1.54) is 10.8 Å². The maximum Gasteiger partial charge on any atom is 0.219 e. The minimum absolute atomic E-state index is 0.821. The molecular weight excluding hydrogens is 705 g/mol. The maximum absolute atomic E-state index is 5.11. The summed E-state index contributed by atoms with van der Waals surface area (Å²) in [5.41, 5.74) is 10.9. The Bertz CT molecular complexity index is 3160. The van der Waals surface area contributed by atoms with Gasteiger partial charge in [-0.1, -0.05) is 139 Å². The van der Waals surface area contributed by atoms with E-state index in [1.54, 1.807) is 11.8 Å². The number of rotatable bonds is 7. The largest absolute Gasteiger partial charge is 0.292 e. The van der Waals surface area contributed by atoms with Gasteiger partial charge in [0.2, 0.25) is 5.95 Å². The van der Waals surface area contributed by atoms with Gasteiger partial charge in [-0.15, -0.1) is 0 Å². The number of para-hydroxylation sites is 3. The Morgan fingerprint density at radius 3 is 1.80 bits per heavy atom. The van der Waals surface area contributed by atoms with E-state index < -0.39 is 0 Å². The Morgan fingerprint density at radius 1 is 0.429 bits per heavy atom. The van der Waals surface area contributed by atoms with Crippen LogP contribution in [-0.4, -0.2) is 28.7 Å². The average molecular weight is 737 g/mol. The van der Waals surface area contributed by atoms with Crippen LogP contribution in [0.2, 0.25) is 0 Å². The van der Waals surface area contributed by atoms with Crippen LogP contribution in [0.5, 0.6) is 0 Å². The third-order valence-electron chi connectivity index (χ3n) is 10.5. The van der Waals surface area contributed by atoms with Gasteiger partial charge in [0.15, 0.2) is 0 Å². The molecule has 5 aromatic heterocycles. The van der Waals surface area contributed by atoms with E-state index in [1.807, 2.05) is 36.8 Å². The molecule has 0 spiro atoms. The third-order valence-corrected chi connectivity index (χ3v) is 11.5. The number of hydrogen-bond donors (Lipinski definition) is 0. The van der Waals surface area contributed by atoms with Crippen molar-refractivity contribution in [2.75, 3.05) is 0 Å². The lowest BCUT2D eigenvalue weighted by molar-refractivity contribution is 0.939. The summed E-state index contributed by atoms with van der Waals surface area (Å²) in [7, 11) is 0. The molecule has 11 rings (SSSR count). The van der Waals surface area contributed by atoms with Crippen molar-refractivity contribution in [3.8, 4) is 39.7 Å². The van der Waals surface area contributed by atoms with Crippen molar-refractivity contribution >= 4 is 55.5 Å². The Hall–Kier alpha value is -7.22. The molecule has 0 aliphatic heterocycles. The summed E-state index contributed by atoms with van der Waals surface area (Å²) in [6.45, 7) is 0. The van der Waals surface area contributed by atoms with Gasteiger partial charge in [0.25, 0.3) is 0 Å². The minimum Gasteiger partial charge on any atom is -0.292 e. The van der Waals surface area contributed by atoms with Crippen molar-refractivity contribution in [3.63, 3.8) is 0 Å². The van der Waals surface area contributed by atoms with Gasteiger partial charge >= 0.3 is 0 Å². The third kappa shape index (κ3) is 5.24. The van der Waals surface area contributed by atoms with Crippen LogP contribution >= 0.6 is 11.8 Å². The summed E-state index contributed by atoms with van der Waals surface area (Å²) in [6.07, 6.45) is 7.82. The normalized spacial score (nSPS) is 11.6. The highest BCUT2D eigenvalue weighted by Crippen LogP contribution is 2.41. The van der Waals surface area contributed by atoms with Crippen LogP contribution in [0, 0.1) is 0 Å². The van der Waals surface area contributed by atoms with Crippen LogP contribution in [0.4, 0.5) is 0 Å². The topological polar surface area (TPSA) is 53.5 Å². The number of aromatic nitrogens is 6. The Labute approximate surface area is 327 Å². The summed E-state index contributed by atoms with van der Waals surface area (Å²) in [5.74, 6) is 1.69. The highest BCUT2D eigenvalue weighted by Gasteiger charge is 2.22. The van der Waals surface area contributed by atoms with E-state index in [0.29, 0.717) is 0 Å². The first-order chi connectivity index (χ1) is 27.8. The summed E-state index contributed by atoms with van der Waals surface area (Å²) >= 11 is 1.71. The average Bonchev–Trinajstić information content (AvgIpc) is 3.96. The maximum atomic E-state index is 5.11. The number of benzene rings is 6. The van der Waals surface area contributed by atoms with E-state index in [9.17, 15) is 0 Å². The van der Waals surface area contributed by atoms with Crippen molar-refractivity contribution in [1.29, 1.82) is 0 Å². The predicted octanol–water partition coefficient (Wildman–Crippen LogP) is 12.3. The smallest absolute Gasteiger partial charge is 0.219 e. The van der Waals surface area contributed by atoms with Crippen LogP contribution in [0.1, 0.15) is 0 Å². The van der Waals surface area contributed by atoms with Crippen molar-refractivity contribution < 1.29 is 0 Å². The molecule has 0 atom stereocenters. The van der Waals surface area contributed by atoms with E-state index in [2.05, 4.69) is 172 Å². The molecule has 11 aromatic rings. The summed E-state index contributed by atoms with van der Waals surface area (Å²) < 4.78 is 6.77. The van der Waals surface area contributed by atoms with Gasteiger partial charge in [-0.25, -0.2) is 9.97 Å². The number of fused-ring (bicyclic) bond motifs is 6. The summed E-state index contributed by atoms with van der Waals surface area (Å²) in [6, 6.07) is 59.8. The zero-order chi connectivity index (χ0) is 37.0. The fourth-order valence-corrected chi connectivity index (χ4v) is 8.96. The van der Waals surface area contributed by atoms with Gasteiger partial charge < -0.3 is 0 Å². The van der Waals surface area contributed by atoms with E-state index in [-0.39, 0.29) is 0 Å². The Kier molecular flexibility index (Phi) is 7.64. The SMILES string of the molecule is c1ccc(-c2cccc(-c3ccccc3)c2-n2ccnc2-n2c3ccccc3c3ccc(Sc4cnc5c6ccccc6n(-c6ccccn6)c5c4)cc32)cc1. The first-order valence-corrected chi connectivity index (χ1v) is 19.4.